The number of fused-ring (bicyclic) bond motifs is 9. The zero-order valence-electron chi connectivity index (χ0n) is 18.9. The first-order valence-corrected chi connectivity index (χ1v) is 11.4. The van der Waals surface area contributed by atoms with Crippen LogP contribution in [-0.4, -0.2) is 14.6 Å². The minimum Gasteiger partial charge on any atom is -0.274 e. The maximum absolute atomic E-state index is 4.72. The highest BCUT2D eigenvalue weighted by atomic mass is 15.2. The van der Waals surface area contributed by atoms with E-state index in [0.29, 0.717) is 0 Å². The fourth-order valence-corrected chi connectivity index (χ4v) is 5.67. The van der Waals surface area contributed by atoms with E-state index in [0.717, 1.165) is 27.9 Å². The number of rotatable bonds is 1. The average Bonchev–Trinajstić information content (AvgIpc) is 3.37. The molecule has 0 amide bonds. The van der Waals surface area contributed by atoms with E-state index >= 15 is 0 Å². The molecule has 0 spiro atoms. The molecule has 2 aromatic heterocycles. The second kappa shape index (κ2) is 6.29. The van der Waals surface area contributed by atoms with Crippen LogP contribution in [0.15, 0.2) is 84.9 Å². The van der Waals surface area contributed by atoms with Crippen LogP contribution in [0.5, 0.6) is 0 Å². The van der Waals surface area contributed by atoms with E-state index < -0.39 is 0 Å². The Kier molecular flexibility index (Phi) is 3.54. The van der Waals surface area contributed by atoms with E-state index in [1.54, 1.807) is 0 Å². The van der Waals surface area contributed by atoms with Gasteiger partial charge in [-0.1, -0.05) is 92.2 Å². The van der Waals surface area contributed by atoms with Crippen molar-refractivity contribution < 1.29 is 0 Å². The van der Waals surface area contributed by atoms with E-state index in [1.807, 2.05) is 0 Å². The Bertz CT molecular complexity index is 1750. The van der Waals surface area contributed by atoms with Gasteiger partial charge >= 0.3 is 0 Å². The Morgan fingerprint density at radius 1 is 0.667 bits per heavy atom. The number of hydrogen-bond acceptors (Lipinski definition) is 2. The minimum absolute atomic E-state index is 0.0536. The third kappa shape index (κ3) is 2.39. The molecule has 0 atom stereocenters. The Hall–Kier alpha value is -3.98. The SMILES string of the molecule is Cc1ccc2c(c1)C(C)(C)c1cc(-c3nnc4c5ccccc5c5ccccc5n34)ccc1-2. The summed E-state index contributed by atoms with van der Waals surface area (Å²) in [5.74, 6) is 0.887. The van der Waals surface area contributed by atoms with Crippen molar-refractivity contribution >= 4 is 27.3 Å². The fraction of sp³-hybridized carbons (Fsp3) is 0.133. The second-order valence-electron chi connectivity index (χ2n) is 9.68. The molecule has 0 fully saturated rings. The first-order valence-electron chi connectivity index (χ1n) is 11.4. The summed E-state index contributed by atoms with van der Waals surface area (Å²) < 4.78 is 2.22. The van der Waals surface area contributed by atoms with E-state index in [-0.39, 0.29) is 5.41 Å². The molecule has 2 heterocycles. The van der Waals surface area contributed by atoms with Gasteiger partial charge in [0.25, 0.3) is 0 Å². The van der Waals surface area contributed by atoms with E-state index in [2.05, 4.69) is 115 Å². The lowest BCUT2D eigenvalue weighted by Crippen LogP contribution is -2.15. The largest absolute Gasteiger partial charge is 0.274 e. The summed E-state index contributed by atoms with van der Waals surface area (Å²) in [6.07, 6.45) is 0. The fourth-order valence-electron chi connectivity index (χ4n) is 5.67. The van der Waals surface area contributed by atoms with Crippen molar-refractivity contribution in [1.29, 1.82) is 0 Å². The Morgan fingerprint density at radius 2 is 1.33 bits per heavy atom. The van der Waals surface area contributed by atoms with Gasteiger partial charge in [-0.2, -0.15) is 0 Å². The van der Waals surface area contributed by atoms with Crippen LogP contribution in [0.4, 0.5) is 0 Å². The van der Waals surface area contributed by atoms with Crippen molar-refractivity contribution in [3.05, 3.63) is 102 Å². The molecule has 0 aliphatic heterocycles. The maximum Gasteiger partial charge on any atom is 0.169 e. The highest BCUT2D eigenvalue weighted by Gasteiger charge is 2.35. The molecule has 1 aliphatic rings. The van der Waals surface area contributed by atoms with Crippen LogP contribution in [0.3, 0.4) is 0 Å². The normalized spacial score (nSPS) is 14.2. The van der Waals surface area contributed by atoms with Crippen LogP contribution in [0.2, 0.25) is 0 Å². The molecule has 0 unspecified atom stereocenters. The number of para-hydroxylation sites is 1. The smallest absolute Gasteiger partial charge is 0.169 e. The maximum atomic E-state index is 4.72. The van der Waals surface area contributed by atoms with Crippen LogP contribution in [-0.2, 0) is 5.41 Å². The summed E-state index contributed by atoms with van der Waals surface area (Å²) in [6, 6.07) is 30.6. The van der Waals surface area contributed by atoms with Gasteiger partial charge in [0, 0.05) is 21.8 Å². The molecule has 1 aliphatic carbocycles. The van der Waals surface area contributed by atoms with Crippen molar-refractivity contribution in [2.24, 2.45) is 0 Å². The zero-order chi connectivity index (χ0) is 22.3. The van der Waals surface area contributed by atoms with Gasteiger partial charge in [0.1, 0.15) is 0 Å². The van der Waals surface area contributed by atoms with Gasteiger partial charge in [-0.25, -0.2) is 0 Å². The topological polar surface area (TPSA) is 30.2 Å². The highest BCUT2D eigenvalue weighted by molar-refractivity contribution is 6.12. The molecule has 3 nitrogen and oxygen atoms in total. The predicted molar refractivity (Wildman–Crippen MR) is 136 cm³/mol. The lowest BCUT2D eigenvalue weighted by molar-refractivity contribution is 0.660. The molecule has 33 heavy (non-hydrogen) atoms. The molecule has 0 N–H and O–H groups in total. The lowest BCUT2D eigenvalue weighted by Gasteiger charge is -2.22. The van der Waals surface area contributed by atoms with Gasteiger partial charge in [0.15, 0.2) is 11.5 Å². The van der Waals surface area contributed by atoms with Gasteiger partial charge < -0.3 is 0 Å². The molecule has 158 valence electrons. The van der Waals surface area contributed by atoms with Crippen LogP contribution in [0.25, 0.3) is 49.8 Å². The van der Waals surface area contributed by atoms with Gasteiger partial charge in [-0.3, -0.25) is 4.40 Å². The first-order chi connectivity index (χ1) is 16.0. The summed E-state index contributed by atoms with van der Waals surface area (Å²) in [4.78, 5) is 0. The number of aromatic nitrogens is 3. The monoisotopic (exact) mass is 425 g/mol. The summed E-state index contributed by atoms with van der Waals surface area (Å²) in [6.45, 7) is 6.82. The standard InChI is InChI=1S/C30H23N3/c1-18-12-14-21-22-15-13-19(17-26(22)30(2,3)25(21)16-18)28-31-32-29-24-10-5-4-8-20(24)23-9-6-7-11-27(23)33(28)29/h4-17H,1-3H3. The third-order valence-electron chi connectivity index (χ3n) is 7.36. The van der Waals surface area contributed by atoms with Gasteiger partial charge in [-0.15, -0.1) is 10.2 Å². The molecule has 6 aromatic rings. The summed E-state index contributed by atoms with van der Waals surface area (Å²) in [7, 11) is 0. The molecular weight excluding hydrogens is 402 g/mol. The zero-order valence-corrected chi connectivity index (χ0v) is 18.9. The van der Waals surface area contributed by atoms with Crippen molar-refractivity contribution in [3.8, 4) is 22.5 Å². The Labute approximate surface area is 192 Å². The Morgan fingerprint density at radius 3 is 2.15 bits per heavy atom. The number of benzene rings is 4. The van der Waals surface area contributed by atoms with Crippen LogP contribution < -0.4 is 0 Å². The number of aryl methyl sites for hydroxylation is 1. The third-order valence-corrected chi connectivity index (χ3v) is 7.36. The number of nitrogens with zero attached hydrogens (tertiary/aromatic N) is 3. The second-order valence-corrected chi connectivity index (χ2v) is 9.68. The predicted octanol–water partition coefficient (Wildman–Crippen LogP) is 7.32. The molecule has 3 heteroatoms. The summed E-state index contributed by atoms with van der Waals surface area (Å²) in [5, 5.41) is 12.9. The van der Waals surface area contributed by atoms with Crippen LogP contribution in [0.1, 0.15) is 30.5 Å². The summed E-state index contributed by atoms with van der Waals surface area (Å²) in [5.41, 5.74) is 9.79. The van der Waals surface area contributed by atoms with E-state index in [1.165, 1.54) is 38.6 Å². The first kappa shape index (κ1) is 18.6. The van der Waals surface area contributed by atoms with Crippen molar-refractivity contribution in [3.63, 3.8) is 0 Å². The quantitative estimate of drug-likeness (QED) is 0.258. The van der Waals surface area contributed by atoms with Crippen LogP contribution >= 0.6 is 0 Å². The number of hydrogen-bond donors (Lipinski definition) is 0. The highest BCUT2D eigenvalue weighted by Crippen LogP contribution is 2.49. The van der Waals surface area contributed by atoms with Crippen molar-refractivity contribution in [2.45, 2.75) is 26.2 Å². The number of pyridine rings is 1. The summed E-state index contributed by atoms with van der Waals surface area (Å²) >= 11 is 0. The molecule has 0 radical (unpaired) electrons. The minimum atomic E-state index is -0.0536. The van der Waals surface area contributed by atoms with Gasteiger partial charge in [0.05, 0.1) is 5.52 Å². The van der Waals surface area contributed by atoms with Gasteiger partial charge in [-0.05, 0) is 46.7 Å². The molecule has 7 rings (SSSR count). The van der Waals surface area contributed by atoms with E-state index in [4.69, 9.17) is 5.10 Å². The van der Waals surface area contributed by atoms with Crippen molar-refractivity contribution in [1.82, 2.24) is 14.6 Å². The molecule has 0 saturated carbocycles. The van der Waals surface area contributed by atoms with Crippen molar-refractivity contribution in [2.75, 3.05) is 0 Å². The average molecular weight is 426 g/mol. The lowest BCUT2D eigenvalue weighted by atomic mass is 9.81. The molecule has 0 saturated heterocycles. The van der Waals surface area contributed by atoms with Gasteiger partial charge in [0.2, 0.25) is 0 Å². The molecule has 0 bridgehead atoms. The molecule has 4 aromatic carbocycles. The van der Waals surface area contributed by atoms with Crippen LogP contribution in [0, 0.1) is 6.92 Å². The molecular formula is C30H23N3. The van der Waals surface area contributed by atoms with E-state index in [9.17, 15) is 0 Å². The Balaban J connectivity index is 1.53.